The fraction of sp³-hybridized carbons (Fsp3) is 0.900. The predicted molar refractivity (Wildman–Crippen MR) is 130 cm³/mol. The standard InChI is InChI=1S/C4H7NO.6CH5O3P/c6-4-2-1-3-5-4;6*1-5(2,3)4/h1-3H2,(H,5,6);6*1H3,(H2,2,3,4). The molecule has 0 aromatic heterocycles. The molecule has 13 N–H and O–H groups in total. The summed E-state index contributed by atoms with van der Waals surface area (Å²) in [5.74, 6) is 0.204. The van der Waals surface area contributed by atoms with Gasteiger partial charge in [0.05, 0.1) is 0 Å². The third-order valence-corrected chi connectivity index (χ3v) is 0.903. The maximum absolute atomic E-state index is 10.1. The Morgan fingerprint density at radius 1 is 0.472 bits per heavy atom. The molecule has 0 aromatic rings. The smallest absolute Gasteiger partial charge is 0.322 e. The second-order valence-corrected chi connectivity index (χ2v) is 16.5. The minimum absolute atomic E-state index is 0.204. The number of amides is 1. The van der Waals surface area contributed by atoms with Crippen LogP contribution in [-0.2, 0) is 32.2 Å². The molecule has 0 bridgehead atoms. The Balaban J connectivity index is -0.0000000731. The number of nitrogens with one attached hydrogen (secondary N) is 1. The zero-order valence-corrected chi connectivity index (χ0v) is 25.4. The third-order valence-electron chi connectivity index (χ3n) is 0.903. The van der Waals surface area contributed by atoms with Crippen molar-refractivity contribution in [3.63, 3.8) is 0 Å². The van der Waals surface area contributed by atoms with Crippen LogP contribution >= 0.6 is 45.6 Å². The quantitative estimate of drug-likeness (QED) is 0.134. The van der Waals surface area contributed by atoms with Gasteiger partial charge in [-0.25, -0.2) is 0 Å². The van der Waals surface area contributed by atoms with E-state index in [0.29, 0.717) is 0 Å². The van der Waals surface area contributed by atoms with Gasteiger partial charge in [-0.2, -0.15) is 0 Å². The second-order valence-electron chi connectivity index (χ2n) is 6.47. The molecule has 1 aliphatic rings. The Labute approximate surface area is 207 Å². The van der Waals surface area contributed by atoms with Crippen LogP contribution in [0.1, 0.15) is 12.8 Å². The van der Waals surface area contributed by atoms with E-state index in [0.717, 1.165) is 59.4 Å². The van der Waals surface area contributed by atoms with Crippen molar-refractivity contribution in [1.82, 2.24) is 5.32 Å². The fourth-order valence-electron chi connectivity index (χ4n) is 0.565. The summed E-state index contributed by atoms with van der Waals surface area (Å²) in [5, 5.41) is 2.68. The van der Waals surface area contributed by atoms with Gasteiger partial charge < -0.3 is 64.0 Å². The average molecular weight is 661 g/mol. The Morgan fingerprint density at radius 2 is 0.611 bits per heavy atom. The Morgan fingerprint density at radius 3 is 0.639 bits per heavy atom. The van der Waals surface area contributed by atoms with Gasteiger partial charge in [0.2, 0.25) is 5.91 Å². The molecule has 1 heterocycles. The topological polar surface area (TPSA) is 374 Å². The van der Waals surface area contributed by atoms with E-state index in [1.165, 1.54) is 0 Å². The lowest BCUT2D eigenvalue weighted by Gasteiger charge is -1.84. The maximum atomic E-state index is 10.1. The first-order valence-corrected chi connectivity index (χ1v) is 20.7. The molecule has 0 unspecified atom stereocenters. The number of hydrogen-bond acceptors (Lipinski definition) is 7. The highest BCUT2D eigenvalue weighted by Gasteiger charge is 2.05. The van der Waals surface area contributed by atoms with Crippen LogP contribution in [0.25, 0.3) is 0 Å². The number of carbonyl (C=O) groups excluding carboxylic acids is 1. The molecule has 226 valence electrons. The van der Waals surface area contributed by atoms with Crippen LogP contribution in [0.15, 0.2) is 0 Å². The van der Waals surface area contributed by atoms with Crippen LogP contribution in [-0.4, -0.2) is 111 Å². The summed E-state index contributed by atoms with van der Waals surface area (Å²) in [7, 11) is -21.8. The molecular weight excluding hydrogens is 624 g/mol. The summed E-state index contributed by atoms with van der Waals surface area (Å²) < 4.78 is 56.0. The monoisotopic (exact) mass is 661 g/mol. The van der Waals surface area contributed by atoms with Crippen molar-refractivity contribution in [2.45, 2.75) is 12.8 Å². The van der Waals surface area contributed by atoms with Crippen LogP contribution < -0.4 is 5.32 Å². The summed E-state index contributed by atoms with van der Waals surface area (Å²) in [6.45, 7) is 6.01. The normalized spacial score (nSPS) is 13.3. The van der Waals surface area contributed by atoms with E-state index in [4.69, 9.17) is 58.7 Å². The van der Waals surface area contributed by atoms with E-state index in [-0.39, 0.29) is 5.91 Å². The van der Waals surface area contributed by atoms with Gasteiger partial charge in [0.15, 0.2) is 0 Å². The van der Waals surface area contributed by atoms with Crippen molar-refractivity contribution in [3.8, 4) is 0 Å². The largest absolute Gasteiger partial charge is 0.356 e. The highest BCUT2D eigenvalue weighted by molar-refractivity contribution is 7.52. The molecule has 1 fully saturated rings. The lowest BCUT2D eigenvalue weighted by molar-refractivity contribution is -0.119. The van der Waals surface area contributed by atoms with Crippen molar-refractivity contribution in [2.75, 3.05) is 46.5 Å². The van der Waals surface area contributed by atoms with Gasteiger partial charge in [0, 0.05) is 53.0 Å². The van der Waals surface area contributed by atoms with Crippen LogP contribution in [0.4, 0.5) is 0 Å². The van der Waals surface area contributed by atoms with Gasteiger partial charge >= 0.3 is 45.6 Å². The maximum Gasteiger partial charge on any atom is 0.322 e. The highest BCUT2D eigenvalue weighted by atomic mass is 31.2. The van der Waals surface area contributed by atoms with E-state index < -0.39 is 45.6 Å². The number of rotatable bonds is 0. The molecule has 1 aliphatic heterocycles. The molecule has 0 aromatic carbocycles. The Hall–Kier alpha value is 0.370. The third kappa shape index (κ3) is 705. The van der Waals surface area contributed by atoms with Gasteiger partial charge in [-0.3, -0.25) is 32.2 Å². The van der Waals surface area contributed by atoms with Crippen molar-refractivity contribution in [2.24, 2.45) is 0 Å². The van der Waals surface area contributed by atoms with Crippen molar-refractivity contribution >= 4 is 51.5 Å². The lowest BCUT2D eigenvalue weighted by atomic mass is 10.4. The molecule has 20 nitrogen and oxygen atoms in total. The van der Waals surface area contributed by atoms with Crippen molar-refractivity contribution in [1.29, 1.82) is 0 Å². The van der Waals surface area contributed by atoms with E-state index in [1.54, 1.807) is 0 Å². The van der Waals surface area contributed by atoms with Crippen molar-refractivity contribution < 1.29 is 90.9 Å². The van der Waals surface area contributed by atoms with Crippen LogP contribution in [0.5, 0.6) is 0 Å². The summed E-state index contributed by atoms with van der Waals surface area (Å²) >= 11 is 0. The van der Waals surface area contributed by atoms with E-state index in [1.807, 2.05) is 0 Å². The van der Waals surface area contributed by atoms with Crippen LogP contribution in [0.2, 0.25) is 0 Å². The molecule has 0 atom stereocenters. The summed E-state index contributed by atoms with van der Waals surface area (Å²) in [4.78, 5) is 102. The first-order chi connectivity index (χ1) is 14.9. The van der Waals surface area contributed by atoms with Gasteiger partial charge in [-0.15, -0.1) is 0 Å². The summed E-state index contributed by atoms with van der Waals surface area (Å²) in [5.41, 5.74) is 0. The number of hydrogen-bond donors (Lipinski definition) is 13. The van der Waals surface area contributed by atoms with E-state index in [9.17, 15) is 32.2 Å². The fourth-order valence-corrected chi connectivity index (χ4v) is 0.565. The Bertz CT molecular complexity index is 626. The van der Waals surface area contributed by atoms with Gasteiger partial charge in [-0.05, 0) is 6.42 Å². The number of carbonyl (C=O) groups is 1. The molecule has 0 aliphatic carbocycles. The lowest BCUT2D eigenvalue weighted by Crippen LogP contribution is -2.12. The molecule has 1 saturated heterocycles. The van der Waals surface area contributed by atoms with E-state index in [2.05, 4.69) is 5.32 Å². The SMILES string of the molecule is CP(=O)(O)O.CP(=O)(O)O.CP(=O)(O)O.CP(=O)(O)O.CP(=O)(O)O.CP(=O)(O)O.O=C1CCCN1. The minimum Gasteiger partial charge on any atom is -0.356 e. The summed E-state index contributed by atoms with van der Waals surface area (Å²) in [6, 6.07) is 0. The van der Waals surface area contributed by atoms with Crippen molar-refractivity contribution in [3.05, 3.63) is 0 Å². The highest BCUT2D eigenvalue weighted by Crippen LogP contribution is 2.28. The molecule has 0 spiro atoms. The molecule has 1 amide bonds. The first kappa shape index (κ1) is 49.3. The molecule has 1 rings (SSSR count). The average Bonchev–Trinajstić information content (AvgIpc) is 2.76. The minimum atomic E-state index is -3.64. The second kappa shape index (κ2) is 22.2. The van der Waals surface area contributed by atoms with Gasteiger partial charge in [-0.1, -0.05) is 0 Å². The molecule has 0 saturated carbocycles. The van der Waals surface area contributed by atoms with Gasteiger partial charge in [0.1, 0.15) is 0 Å². The summed E-state index contributed by atoms with van der Waals surface area (Å²) in [6.07, 6.45) is 1.76. The zero-order chi connectivity index (χ0) is 31.4. The zero-order valence-electron chi connectivity index (χ0n) is 20.0. The molecule has 36 heavy (non-hydrogen) atoms. The predicted octanol–water partition coefficient (Wildman–Crippen LogP) is -1.34. The Kier molecular flexibility index (Phi) is 30.4. The van der Waals surface area contributed by atoms with Crippen LogP contribution in [0, 0.1) is 0 Å². The molecule has 26 heteroatoms. The molecule has 0 radical (unpaired) electrons. The van der Waals surface area contributed by atoms with Crippen LogP contribution in [0.3, 0.4) is 0 Å². The molecular formula is C10H37NO19P6. The van der Waals surface area contributed by atoms with Gasteiger partial charge in [0.25, 0.3) is 0 Å². The first-order valence-electron chi connectivity index (χ1n) is 8.34. The van der Waals surface area contributed by atoms with E-state index >= 15 is 0 Å².